The molecule has 0 bridgehead atoms. The molecule has 3 nitrogen and oxygen atoms in total. The first kappa shape index (κ1) is 13.8. The van der Waals surface area contributed by atoms with Crippen LogP contribution in [0.4, 0.5) is 0 Å². The molecule has 1 heterocycles. The molecule has 1 aliphatic rings. The number of nitrogens with one attached hydrogen (secondary N) is 1. The number of aryl methyl sites for hydroxylation is 1. The SMILES string of the molecule is Cc1cc(S(=O)(=O)NC2CCCC2Cl)sc1Br. The standard InChI is InChI=1S/C10H13BrClNO2S2/c1-6-5-9(16-10(6)11)17(14,15)13-8-4-2-3-7(8)12/h5,7-8,13H,2-4H2,1H3. The molecule has 2 unspecified atom stereocenters. The van der Waals surface area contributed by atoms with Gasteiger partial charge in [0.15, 0.2) is 0 Å². The summed E-state index contributed by atoms with van der Waals surface area (Å²) in [5, 5.41) is -0.0886. The van der Waals surface area contributed by atoms with E-state index in [0.29, 0.717) is 4.21 Å². The molecule has 96 valence electrons. The van der Waals surface area contributed by atoms with Crippen LogP contribution in [-0.2, 0) is 10.0 Å². The Morgan fingerprint density at radius 1 is 1.53 bits per heavy atom. The number of hydrogen-bond acceptors (Lipinski definition) is 3. The molecule has 1 aromatic heterocycles. The summed E-state index contributed by atoms with van der Waals surface area (Å²) in [6.45, 7) is 1.87. The Balaban J connectivity index is 2.19. The fourth-order valence-corrected chi connectivity index (χ4v) is 5.84. The second kappa shape index (κ2) is 5.17. The highest BCUT2D eigenvalue weighted by atomic mass is 79.9. The van der Waals surface area contributed by atoms with Gasteiger partial charge in [-0.1, -0.05) is 6.42 Å². The summed E-state index contributed by atoms with van der Waals surface area (Å²) in [6, 6.07) is 1.54. The summed E-state index contributed by atoms with van der Waals surface area (Å²) >= 11 is 10.6. The quantitative estimate of drug-likeness (QED) is 0.843. The van der Waals surface area contributed by atoms with E-state index >= 15 is 0 Å². The molecule has 1 N–H and O–H groups in total. The molecule has 0 saturated heterocycles. The first-order chi connectivity index (χ1) is 7.90. The fraction of sp³-hybridized carbons (Fsp3) is 0.600. The van der Waals surface area contributed by atoms with Crippen LogP contribution in [0.3, 0.4) is 0 Å². The van der Waals surface area contributed by atoms with Gasteiger partial charge in [-0.15, -0.1) is 22.9 Å². The first-order valence-electron chi connectivity index (χ1n) is 5.32. The van der Waals surface area contributed by atoms with Gasteiger partial charge < -0.3 is 0 Å². The van der Waals surface area contributed by atoms with E-state index in [2.05, 4.69) is 20.7 Å². The van der Waals surface area contributed by atoms with Crippen LogP contribution in [0.15, 0.2) is 14.1 Å². The van der Waals surface area contributed by atoms with E-state index in [0.717, 1.165) is 28.6 Å². The fourth-order valence-electron chi connectivity index (χ4n) is 1.87. The number of hydrogen-bond donors (Lipinski definition) is 1. The minimum Gasteiger partial charge on any atom is -0.206 e. The monoisotopic (exact) mass is 357 g/mol. The summed E-state index contributed by atoms with van der Waals surface area (Å²) < 4.78 is 28.1. The largest absolute Gasteiger partial charge is 0.250 e. The number of thiophene rings is 1. The summed E-state index contributed by atoms with van der Waals surface area (Å²) in [7, 11) is -3.42. The van der Waals surface area contributed by atoms with Crippen molar-refractivity contribution in [2.75, 3.05) is 0 Å². The van der Waals surface area contributed by atoms with Gasteiger partial charge in [0.25, 0.3) is 0 Å². The third-order valence-corrected chi connectivity index (χ3v) is 7.46. The maximum absolute atomic E-state index is 12.1. The van der Waals surface area contributed by atoms with Gasteiger partial charge >= 0.3 is 0 Å². The Kier molecular flexibility index (Phi) is 4.20. The lowest BCUT2D eigenvalue weighted by molar-refractivity contribution is 0.555. The molecule has 17 heavy (non-hydrogen) atoms. The zero-order valence-corrected chi connectivity index (χ0v) is 13.2. The van der Waals surface area contributed by atoms with Crippen LogP contribution in [0.25, 0.3) is 0 Å². The van der Waals surface area contributed by atoms with Crippen LogP contribution < -0.4 is 4.72 Å². The van der Waals surface area contributed by atoms with Gasteiger partial charge in [0.05, 0.1) is 3.79 Å². The predicted octanol–water partition coefficient (Wildman–Crippen LogP) is 3.26. The van der Waals surface area contributed by atoms with Gasteiger partial charge in [-0.2, -0.15) is 0 Å². The molecule has 0 spiro atoms. The van der Waals surface area contributed by atoms with E-state index in [4.69, 9.17) is 11.6 Å². The van der Waals surface area contributed by atoms with E-state index in [1.165, 1.54) is 11.3 Å². The Morgan fingerprint density at radius 3 is 2.71 bits per heavy atom. The predicted molar refractivity (Wildman–Crippen MR) is 74.4 cm³/mol. The molecule has 0 amide bonds. The zero-order valence-electron chi connectivity index (χ0n) is 9.24. The van der Waals surface area contributed by atoms with Crippen molar-refractivity contribution < 1.29 is 8.42 Å². The van der Waals surface area contributed by atoms with E-state index in [1.54, 1.807) is 6.07 Å². The maximum atomic E-state index is 12.1. The molecular formula is C10H13BrClNO2S2. The maximum Gasteiger partial charge on any atom is 0.250 e. The van der Waals surface area contributed by atoms with Gasteiger partial charge in [0.1, 0.15) is 4.21 Å². The lowest BCUT2D eigenvalue weighted by atomic mass is 10.3. The van der Waals surface area contributed by atoms with Crippen molar-refractivity contribution in [1.82, 2.24) is 4.72 Å². The van der Waals surface area contributed by atoms with Crippen molar-refractivity contribution in [3.63, 3.8) is 0 Å². The average Bonchev–Trinajstić information content (AvgIpc) is 2.76. The molecule has 0 aliphatic heterocycles. The normalized spacial score (nSPS) is 25.4. The third kappa shape index (κ3) is 3.04. The lowest BCUT2D eigenvalue weighted by Gasteiger charge is -2.14. The molecular weight excluding hydrogens is 346 g/mol. The summed E-state index contributed by atoms with van der Waals surface area (Å²) in [5.41, 5.74) is 0.934. The Labute approximate surface area is 119 Å². The molecule has 2 atom stereocenters. The van der Waals surface area contributed by atoms with Crippen LogP contribution in [-0.4, -0.2) is 19.8 Å². The summed E-state index contributed by atoms with van der Waals surface area (Å²) in [4.78, 5) is 0. The highest BCUT2D eigenvalue weighted by molar-refractivity contribution is 9.11. The second-order valence-electron chi connectivity index (χ2n) is 4.20. The molecule has 1 saturated carbocycles. The van der Waals surface area contributed by atoms with Crippen molar-refractivity contribution in [2.24, 2.45) is 0 Å². The molecule has 1 aliphatic carbocycles. The van der Waals surface area contributed by atoms with Gasteiger partial charge in [-0.3, -0.25) is 0 Å². The van der Waals surface area contributed by atoms with E-state index in [1.807, 2.05) is 6.92 Å². The topological polar surface area (TPSA) is 46.2 Å². The minimum atomic E-state index is -3.42. The Morgan fingerprint density at radius 2 is 2.24 bits per heavy atom. The second-order valence-corrected chi connectivity index (χ2v) is 9.07. The van der Waals surface area contributed by atoms with Gasteiger partial charge in [0, 0.05) is 11.4 Å². The van der Waals surface area contributed by atoms with Gasteiger partial charge in [-0.25, -0.2) is 13.1 Å². The third-order valence-electron chi connectivity index (χ3n) is 2.84. The van der Waals surface area contributed by atoms with Crippen molar-refractivity contribution >= 4 is 48.9 Å². The summed E-state index contributed by atoms with van der Waals surface area (Å²) in [6.07, 6.45) is 2.68. The van der Waals surface area contributed by atoms with Gasteiger partial charge in [0.2, 0.25) is 10.0 Å². The Hall–Kier alpha value is 0.380. The van der Waals surface area contributed by atoms with E-state index in [9.17, 15) is 8.42 Å². The van der Waals surface area contributed by atoms with Crippen molar-refractivity contribution in [1.29, 1.82) is 0 Å². The van der Waals surface area contributed by atoms with Crippen LogP contribution in [0.5, 0.6) is 0 Å². The number of alkyl halides is 1. The number of sulfonamides is 1. The molecule has 1 aromatic rings. The highest BCUT2D eigenvalue weighted by Crippen LogP contribution is 2.32. The van der Waals surface area contributed by atoms with Crippen molar-refractivity contribution in [2.45, 2.75) is 41.8 Å². The van der Waals surface area contributed by atoms with Crippen molar-refractivity contribution in [3.05, 3.63) is 15.4 Å². The van der Waals surface area contributed by atoms with E-state index in [-0.39, 0.29) is 11.4 Å². The van der Waals surface area contributed by atoms with Gasteiger partial charge in [-0.05, 0) is 47.3 Å². The minimum absolute atomic E-state index is 0.0886. The zero-order chi connectivity index (χ0) is 12.6. The lowest BCUT2D eigenvalue weighted by Crippen LogP contribution is -2.37. The highest BCUT2D eigenvalue weighted by Gasteiger charge is 2.30. The van der Waals surface area contributed by atoms with Crippen LogP contribution >= 0.6 is 38.9 Å². The first-order valence-corrected chi connectivity index (χ1v) is 8.85. The molecule has 2 rings (SSSR count). The van der Waals surface area contributed by atoms with Crippen LogP contribution in [0, 0.1) is 6.92 Å². The molecule has 1 fully saturated rings. The number of halogens is 2. The van der Waals surface area contributed by atoms with E-state index < -0.39 is 10.0 Å². The molecule has 0 radical (unpaired) electrons. The summed E-state index contributed by atoms with van der Waals surface area (Å²) in [5.74, 6) is 0. The smallest absolute Gasteiger partial charge is 0.206 e. The Bertz CT molecular complexity index is 495. The van der Waals surface area contributed by atoms with Crippen LogP contribution in [0.2, 0.25) is 0 Å². The van der Waals surface area contributed by atoms with Crippen LogP contribution in [0.1, 0.15) is 24.8 Å². The number of rotatable bonds is 3. The molecule has 0 aromatic carbocycles. The van der Waals surface area contributed by atoms with Crippen molar-refractivity contribution in [3.8, 4) is 0 Å². The average molecular weight is 359 g/mol. The molecule has 7 heteroatoms.